The third-order valence-corrected chi connectivity index (χ3v) is 3.26. The fourth-order valence-electron chi connectivity index (χ4n) is 2.31. The molecular formula is C15H11N3O3. The lowest BCUT2D eigenvalue weighted by molar-refractivity contribution is -0.116. The quantitative estimate of drug-likeness (QED) is 0.626. The Balaban J connectivity index is 2.15. The Hall–Kier alpha value is -3.02. The number of imide groups is 1. The summed E-state index contributed by atoms with van der Waals surface area (Å²) in [5.41, 5.74) is 1.08. The molecule has 6 heteroatoms. The number of amides is 2. The predicted octanol–water partition coefficient (Wildman–Crippen LogP) is 2.36. The molecule has 6 nitrogen and oxygen atoms in total. The van der Waals surface area contributed by atoms with Crippen molar-refractivity contribution in [2.24, 2.45) is 5.29 Å². The fraction of sp³-hybridized carbons (Fsp3) is 0.0667. The first-order valence-electron chi connectivity index (χ1n) is 6.34. The minimum atomic E-state index is -0.498. The Morgan fingerprint density at radius 3 is 2.29 bits per heavy atom. The van der Waals surface area contributed by atoms with Crippen LogP contribution in [0.25, 0.3) is 0 Å². The zero-order valence-corrected chi connectivity index (χ0v) is 11.0. The molecule has 0 spiro atoms. The lowest BCUT2D eigenvalue weighted by Gasteiger charge is -2.18. The minimum Gasteiger partial charge on any atom is -0.272 e. The molecule has 3 rings (SSSR count). The molecule has 1 aliphatic heterocycles. The number of fused-ring (bicyclic) bond motifs is 1. The summed E-state index contributed by atoms with van der Waals surface area (Å²) >= 11 is 0. The van der Waals surface area contributed by atoms with Crippen LogP contribution >= 0.6 is 0 Å². The van der Waals surface area contributed by atoms with Gasteiger partial charge in [0.1, 0.15) is 6.54 Å². The van der Waals surface area contributed by atoms with E-state index < -0.39 is 11.8 Å². The molecule has 0 fully saturated rings. The van der Waals surface area contributed by atoms with Crippen molar-refractivity contribution < 1.29 is 9.59 Å². The highest BCUT2D eigenvalue weighted by molar-refractivity contribution is 6.25. The first kappa shape index (κ1) is 13.0. The maximum Gasteiger partial charge on any atom is 0.267 e. The summed E-state index contributed by atoms with van der Waals surface area (Å²) in [4.78, 5) is 37.0. The number of nitrogens with zero attached hydrogens (tertiary/aromatic N) is 3. The van der Waals surface area contributed by atoms with Crippen LogP contribution in [0.2, 0.25) is 0 Å². The maximum absolute atomic E-state index is 12.6. The third kappa shape index (κ3) is 2.16. The Labute approximate surface area is 120 Å². The molecule has 104 valence electrons. The van der Waals surface area contributed by atoms with E-state index in [2.05, 4.69) is 5.29 Å². The molecule has 0 atom stereocenters. The second-order valence-corrected chi connectivity index (χ2v) is 4.53. The van der Waals surface area contributed by atoms with Crippen molar-refractivity contribution in [3.63, 3.8) is 0 Å². The van der Waals surface area contributed by atoms with Crippen molar-refractivity contribution in [2.45, 2.75) is 0 Å². The Kier molecular flexibility index (Phi) is 3.19. The van der Waals surface area contributed by atoms with Gasteiger partial charge in [0, 0.05) is 0 Å². The van der Waals surface area contributed by atoms with Gasteiger partial charge in [-0.2, -0.15) is 0 Å². The second-order valence-electron chi connectivity index (χ2n) is 4.53. The predicted molar refractivity (Wildman–Crippen MR) is 77.8 cm³/mol. The third-order valence-electron chi connectivity index (χ3n) is 3.26. The van der Waals surface area contributed by atoms with E-state index in [1.54, 1.807) is 54.6 Å². The van der Waals surface area contributed by atoms with Crippen LogP contribution in [0.5, 0.6) is 0 Å². The molecule has 0 radical (unpaired) electrons. The molecule has 0 saturated heterocycles. The van der Waals surface area contributed by atoms with Gasteiger partial charge in [-0.05, 0) is 24.3 Å². The smallest absolute Gasteiger partial charge is 0.267 e. The molecule has 21 heavy (non-hydrogen) atoms. The average Bonchev–Trinajstić information content (AvgIpc) is 2.63. The van der Waals surface area contributed by atoms with Gasteiger partial charge >= 0.3 is 0 Å². The van der Waals surface area contributed by atoms with Crippen molar-refractivity contribution in [2.75, 3.05) is 16.5 Å². The van der Waals surface area contributed by atoms with Gasteiger partial charge in [0.2, 0.25) is 0 Å². The lowest BCUT2D eigenvalue weighted by atomic mass is 10.1. The van der Waals surface area contributed by atoms with E-state index >= 15 is 0 Å². The molecule has 2 aromatic carbocycles. The molecule has 0 saturated carbocycles. The standard InChI is InChI=1S/C15H11N3O3/c19-14-10-17(16-21)13-9-5-4-8-12(13)15(20)18(14)11-6-2-1-3-7-11/h1-9H,10H2. The van der Waals surface area contributed by atoms with Gasteiger partial charge in [-0.15, -0.1) is 4.91 Å². The van der Waals surface area contributed by atoms with Gasteiger partial charge < -0.3 is 0 Å². The highest BCUT2D eigenvalue weighted by atomic mass is 16.3. The second kappa shape index (κ2) is 5.16. The van der Waals surface area contributed by atoms with Gasteiger partial charge in [0.15, 0.2) is 0 Å². The first-order valence-corrected chi connectivity index (χ1v) is 6.34. The van der Waals surface area contributed by atoms with E-state index in [0.717, 1.165) is 9.91 Å². The summed E-state index contributed by atoms with van der Waals surface area (Å²) in [6, 6.07) is 15.1. The van der Waals surface area contributed by atoms with Crippen molar-refractivity contribution in [3.05, 3.63) is 65.1 Å². The minimum absolute atomic E-state index is 0.270. The van der Waals surface area contributed by atoms with E-state index in [0.29, 0.717) is 11.4 Å². The van der Waals surface area contributed by atoms with Gasteiger partial charge in [0.05, 0.1) is 22.2 Å². The number of nitroso groups, excluding NO2 is 1. The van der Waals surface area contributed by atoms with Crippen LogP contribution in [0.15, 0.2) is 59.9 Å². The Bertz CT molecular complexity index is 715. The summed E-state index contributed by atoms with van der Waals surface area (Å²) in [6.45, 7) is -0.277. The van der Waals surface area contributed by atoms with Crippen LogP contribution in [0.4, 0.5) is 11.4 Å². The van der Waals surface area contributed by atoms with Gasteiger partial charge in [-0.3, -0.25) is 9.59 Å². The number of carbonyl (C=O) groups is 2. The highest BCUT2D eigenvalue weighted by Crippen LogP contribution is 2.28. The van der Waals surface area contributed by atoms with E-state index in [-0.39, 0.29) is 12.1 Å². The topological polar surface area (TPSA) is 70.1 Å². The van der Waals surface area contributed by atoms with Crippen LogP contribution in [0.1, 0.15) is 10.4 Å². The Morgan fingerprint density at radius 1 is 0.905 bits per heavy atom. The molecule has 2 amide bonds. The summed E-state index contributed by atoms with van der Waals surface area (Å²) < 4.78 is 0. The monoisotopic (exact) mass is 281 g/mol. The largest absolute Gasteiger partial charge is 0.272 e. The normalized spacial score (nSPS) is 14.7. The first-order chi connectivity index (χ1) is 10.2. The van der Waals surface area contributed by atoms with Crippen LogP contribution in [-0.4, -0.2) is 18.4 Å². The molecule has 1 heterocycles. The van der Waals surface area contributed by atoms with Crippen LogP contribution in [-0.2, 0) is 4.79 Å². The number of hydrogen-bond donors (Lipinski definition) is 0. The summed E-state index contributed by atoms with van der Waals surface area (Å²) in [6.07, 6.45) is 0. The van der Waals surface area contributed by atoms with Gasteiger partial charge in [-0.1, -0.05) is 30.3 Å². The van der Waals surface area contributed by atoms with E-state index in [4.69, 9.17) is 0 Å². The Morgan fingerprint density at radius 2 is 1.57 bits per heavy atom. The summed E-state index contributed by atoms with van der Waals surface area (Å²) in [5, 5.41) is 3.84. The fourth-order valence-corrected chi connectivity index (χ4v) is 2.31. The number of para-hydroxylation sites is 2. The molecule has 0 unspecified atom stereocenters. The molecule has 0 aromatic heterocycles. The maximum atomic E-state index is 12.6. The number of benzene rings is 2. The van der Waals surface area contributed by atoms with E-state index in [1.807, 2.05) is 0 Å². The number of hydrogen-bond acceptors (Lipinski definition) is 4. The van der Waals surface area contributed by atoms with Gasteiger partial charge in [-0.25, -0.2) is 9.91 Å². The molecule has 0 N–H and O–H groups in total. The van der Waals surface area contributed by atoms with Crippen LogP contribution in [0, 0.1) is 4.91 Å². The van der Waals surface area contributed by atoms with Crippen molar-refractivity contribution in [1.82, 2.24) is 0 Å². The number of rotatable bonds is 2. The van der Waals surface area contributed by atoms with Crippen molar-refractivity contribution in [1.29, 1.82) is 0 Å². The number of anilines is 2. The SMILES string of the molecule is O=NN1CC(=O)N(c2ccccc2)C(=O)c2ccccc21. The van der Waals surface area contributed by atoms with Crippen molar-refractivity contribution >= 4 is 23.2 Å². The highest BCUT2D eigenvalue weighted by Gasteiger charge is 2.33. The van der Waals surface area contributed by atoms with Gasteiger partial charge in [0.25, 0.3) is 11.8 Å². The van der Waals surface area contributed by atoms with Crippen LogP contribution in [0.3, 0.4) is 0 Å². The van der Waals surface area contributed by atoms with E-state index in [1.165, 1.54) is 0 Å². The lowest BCUT2D eigenvalue weighted by Crippen LogP contribution is -2.39. The van der Waals surface area contributed by atoms with Crippen molar-refractivity contribution in [3.8, 4) is 0 Å². The summed E-state index contributed by atoms with van der Waals surface area (Å²) in [7, 11) is 0. The summed E-state index contributed by atoms with van der Waals surface area (Å²) in [5.74, 6) is -0.963. The molecule has 1 aliphatic rings. The molecule has 2 aromatic rings. The average molecular weight is 281 g/mol. The molecule has 0 aliphatic carbocycles. The molecule has 0 bridgehead atoms. The zero-order chi connectivity index (χ0) is 14.8. The van der Waals surface area contributed by atoms with E-state index in [9.17, 15) is 14.5 Å². The number of carbonyl (C=O) groups excluding carboxylic acids is 2. The van der Waals surface area contributed by atoms with Crippen LogP contribution < -0.4 is 9.91 Å². The zero-order valence-electron chi connectivity index (χ0n) is 11.0. The molecular weight excluding hydrogens is 270 g/mol.